The molecule has 2 heterocycles. The van der Waals surface area contributed by atoms with Crippen molar-refractivity contribution >= 4 is 32.7 Å². The summed E-state index contributed by atoms with van der Waals surface area (Å²) < 4.78 is 2.35. The molecule has 0 atom stereocenters. The van der Waals surface area contributed by atoms with Gasteiger partial charge in [-0.1, -0.05) is 146 Å². The summed E-state index contributed by atoms with van der Waals surface area (Å²) in [5, 5.41) is 3.61. The van der Waals surface area contributed by atoms with E-state index in [2.05, 4.69) is 150 Å². The Morgan fingerprint density at radius 1 is 0.319 bits per heavy atom. The molecule has 3 nitrogen and oxygen atoms in total. The third-order valence-corrected chi connectivity index (χ3v) is 9.05. The lowest BCUT2D eigenvalue weighted by Crippen LogP contribution is -1.95. The van der Waals surface area contributed by atoms with Crippen LogP contribution in [-0.2, 0) is 0 Å². The molecular formula is C44H29N3. The van der Waals surface area contributed by atoms with E-state index >= 15 is 0 Å². The number of nitrogens with zero attached hydrogens (tertiary/aromatic N) is 3. The number of benzene rings is 7. The van der Waals surface area contributed by atoms with Gasteiger partial charge in [-0.05, 0) is 52.6 Å². The van der Waals surface area contributed by atoms with E-state index in [-0.39, 0.29) is 0 Å². The highest BCUT2D eigenvalue weighted by atomic mass is 15.0. The van der Waals surface area contributed by atoms with Crippen LogP contribution < -0.4 is 0 Å². The lowest BCUT2D eigenvalue weighted by Gasteiger charge is -2.11. The van der Waals surface area contributed by atoms with E-state index in [4.69, 9.17) is 9.97 Å². The molecule has 0 N–H and O–H groups in total. The van der Waals surface area contributed by atoms with Crippen molar-refractivity contribution in [2.45, 2.75) is 0 Å². The van der Waals surface area contributed by atoms with Crippen molar-refractivity contribution < 1.29 is 0 Å². The second-order valence-corrected chi connectivity index (χ2v) is 11.9. The first kappa shape index (κ1) is 27.0. The van der Waals surface area contributed by atoms with E-state index in [1.54, 1.807) is 0 Å². The molecule has 0 amide bonds. The monoisotopic (exact) mass is 599 g/mol. The molecule has 3 heteroatoms. The van der Waals surface area contributed by atoms with Crippen LogP contribution in [0.2, 0.25) is 0 Å². The van der Waals surface area contributed by atoms with Gasteiger partial charge in [0.05, 0.1) is 22.2 Å². The first-order valence-electron chi connectivity index (χ1n) is 15.9. The van der Waals surface area contributed by atoms with Gasteiger partial charge in [0, 0.05) is 33.0 Å². The predicted molar refractivity (Wildman–Crippen MR) is 196 cm³/mol. The van der Waals surface area contributed by atoms with Crippen molar-refractivity contribution in [1.29, 1.82) is 0 Å². The van der Waals surface area contributed by atoms with Gasteiger partial charge >= 0.3 is 0 Å². The summed E-state index contributed by atoms with van der Waals surface area (Å²) in [6.07, 6.45) is 0. The summed E-state index contributed by atoms with van der Waals surface area (Å²) >= 11 is 0. The molecule has 0 radical (unpaired) electrons. The number of aromatic nitrogens is 3. The van der Waals surface area contributed by atoms with Gasteiger partial charge in [0.25, 0.3) is 0 Å². The van der Waals surface area contributed by atoms with Crippen LogP contribution in [0, 0.1) is 0 Å². The molecule has 0 bridgehead atoms. The quantitative estimate of drug-likeness (QED) is 0.197. The zero-order valence-corrected chi connectivity index (χ0v) is 25.6. The van der Waals surface area contributed by atoms with E-state index in [1.165, 1.54) is 38.5 Å². The van der Waals surface area contributed by atoms with E-state index in [1.807, 2.05) is 30.3 Å². The smallest absolute Gasteiger partial charge is 0.160 e. The first-order chi connectivity index (χ1) is 23.3. The SMILES string of the molecule is c1ccc(-c2nc(-c3ccc(-c4ccc(-c5ccc(-n6c7ccccc7c7ccccc76)cc5)cc4)cc3)nc3ccccc23)cc1. The summed E-state index contributed by atoms with van der Waals surface area (Å²) in [6.45, 7) is 0. The summed E-state index contributed by atoms with van der Waals surface area (Å²) in [5.41, 5.74) is 12.3. The van der Waals surface area contributed by atoms with E-state index in [0.717, 1.165) is 44.8 Å². The maximum Gasteiger partial charge on any atom is 0.160 e. The Bertz CT molecular complexity index is 2470. The minimum absolute atomic E-state index is 0.730. The van der Waals surface area contributed by atoms with Crippen LogP contribution in [0.3, 0.4) is 0 Å². The van der Waals surface area contributed by atoms with Crippen molar-refractivity contribution in [2.75, 3.05) is 0 Å². The van der Waals surface area contributed by atoms with Gasteiger partial charge in [0.15, 0.2) is 5.82 Å². The molecule has 0 unspecified atom stereocenters. The molecule has 0 fully saturated rings. The molecule has 0 aliphatic rings. The Kier molecular flexibility index (Phi) is 6.46. The van der Waals surface area contributed by atoms with Gasteiger partial charge in [0.2, 0.25) is 0 Å². The lowest BCUT2D eigenvalue weighted by atomic mass is 9.99. The van der Waals surface area contributed by atoms with Gasteiger partial charge in [-0.2, -0.15) is 0 Å². The fourth-order valence-electron chi connectivity index (χ4n) is 6.69. The van der Waals surface area contributed by atoms with Crippen LogP contribution in [0.4, 0.5) is 0 Å². The molecule has 0 spiro atoms. The van der Waals surface area contributed by atoms with Crippen LogP contribution in [0.25, 0.3) is 83.3 Å². The van der Waals surface area contributed by atoms with Crippen molar-refractivity contribution in [2.24, 2.45) is 0 Å². The molecular weight excluding hydrogens is 571 g/mol. The normalized spacial score (nSPS) is 11.4. The average molecular weight is 600 g/mol. The largest absolute Gasteiger partial charge is 0.309 e. The molecule has 2 aromatic heterocycles. The van der Waals surface area contributed by atoms with Gasteiger partial charge in [-0.15, -0.1) is 0 Å². The highest BCUT2D eigenvalue weighted by molar-refractivity contribution is 6.09. The molecule has 9 rings (SSSR count). The second kappa shape index (κ2) is 11.2. The third-order valence-electron chi connectivity index (χ3n) is 9.05. The molecule has 7 aromatic carbocycles. The summed E-state index contributed by atoms with van der Waals surface area (Å²) in [4.78, 5) is 9.95. The summed E-state index contributed by atoms with van der Waals surface area (Å²) in [7, 11) is 0. The second-order valence-electron chi connectivity index (χ2n) is 11.9. The minimum atomic E-state index is 0.730. The number of para-hydroxylation sites is 3. The molecule has 220 valence electrons. The van der Waals surface area contributed by atoms with Crippen LogP contribution >= 0.6 is 0 Å². The number of rotatable bonds is 5. The predicted octanol–water partition coefficient (Wildman–Crippen LogP) is 11.4. The Morgan fingerprint density at radius 3 is 1.34 bits per heavy atom. The van der Waals surface area contributed by atoms with Crippen molar-refractivity contribution in [1.82, 2.24) is 14.5 Å². The standard InChI is InChI=1S/C44H29N3/c1-2-10-34(11-3-1)43-39-14-4-7-15-40(39)45-44(46-43)35-24-22-32(23-25-35)30-18-20-31(21-19-30)33-26-28-36(29-27-33)47-41-16-8-5-12-37(41)38-13-6-9-17-42(38)47/h1-29H. The van der Waals surface area contributed by atoms with Gasteiger partial charge in [-0.3, -0.25) is 0 Å². The molecule has 0 aliphatic heterocycles. The maximum atomic E-state index is 5.03. The highest BCUT2D eigenvalue weighted by Gasteiger charge is 2.13. The number of fused-ring (bicyclic) bond motifs is 4. The lowest BCUT2D eigenvalue weighted by molar-refractivity contribution is 1.18. The Hall–Kier alpha value is -6.32. The van der Waals surface area contributed by atoms with Crippen LogP contribution in [0.15, 0.2) is 176 Å². The van der Waals surface area contributed by atoms with Gasteiger partial charge in [-0.25, -0.2) is 9.97 Å². The van der Waals surface area contributed by atoms with Crippen LogP contribution in [-0.4, -0.2) is 14.5 Å². The average Bonchev–Trinajstić information content (AvgIpc) is 3.49. The van der Waals surface area contributed by atoms with Gasteiger partial charge in [0.1, 0.15) is 0 Å². The Labute approximate surface area is 273 Å². The Balaban J connectivity index is 0.994. The molecule has 0 aliphatic carbocycles. The molecule has 0 saturated heterocycles. The van der Waals surface area contributed by atoms with E-state index in [0.29, 0.717) is 0 Å². The zero-order chi connectivity index (χ0) is 31.2. The van der Waals surface area contributed by atoms with Crippen LogP contribution in [0.5, 0.6) is 0 Å². The Morgan fingerprint density at radius 2 is 0.766 bits per heavy atom. The third kappa shape index (κ3) is 4.77. The maximum absolute atomic E-state index is 5.03. The number of hydrogen-bond acceptors (Lipinski definition) is 2. The molecule has 9 aromatic rings. The minimum Gasteiger partial charge on any atom is -0.309 e. The van der Waals surface area contributed by atoms with Crippen molar-refractivity contribution in [3.05, 3.63) is 176 Å². The molecule has 47 heavy (non-hydrogen) atoms. The van der Waals surface area contributed by atoms with Crippen molar-refractivity contribution in [3.8, 4) is 50.6 Å². The fraction of sp³-hybridized carbons (Fsp3) is 0. The number of hydrogen-bond donors (Lipinski definition) is 0. The van der Waals surface area contributed by atoms with Crippen molar-refractivity contribution in [3.63, 3.8) is 0 Å². The zero-order valence-electron chi connectivity index (χ0n) is 25.6. The highest BCUT2D eigenvalue weighted by Crippen LogP contribution is 2.34. The van der Waals surface area contributed by atoms with E-state index in [9.17, 15) is 0 Å². The summed E-state index contributed by atoms with van der Waals surface area (Å²) in [5.74, 6) is 0.730. The summed E-state index contributed by atoms with van der Waals surface area (Å²) in [6, 6.07) is 62.1. The molecule has 0 saturated carbocycles. The first-order valence-corrected chi connectivity index (χ1v) is 15.9. The van der Waals surface area contributed by atoms with Crippen LogP contribution in [0.1, 0.15) is 0 Å². The van der Waals surface area contributed by atoms with E-state index < -0.39 is 0 Å². The topological polar surface area (TPSA) is 30.7 Å². The fourth-order valence-corrected chi connectivity index (χ4v) is 6.69. The van der Waals surface area contributed by atoms with Gasteiger partial charge < -0.3 is 4.57 Å².